The number of nitrogens with one attached hydrogen (secondary N) is 1. The van der Waals surface area contributed by atoms with Crippen molar-refractivity contribution in [2.24, 2.45) is 0 Å². The molecule has 0 fully saturated rings. The summed E-state index contributed by atoms with van der Waals surface area (Å²) < 4.78 is 4.97. The van der Waals surface area contributed by atoms with Crippen molar-refractivity contribution in [2.45, 2.75) is 52.4 Å². The molecule has 112 valence electrons. The maximum atomic E-state index is 11.6. The van der Waals surface area contributed by atoms with Crippen LogP contribution in [0.1, 0.15) is 57.4 Å². The first-order chi connectivity index (χ1) is 9.52. The van der Waals surface area contributed by atoms with E-state index < -0.39 is 0 Å². The SMILES string of the molecule is CCCCOC(=O)CCC(=O)Nc1nnc(C(C)C)s1. The second kappa shape index (κ2) is 8.63. The van der Waals surface area contributed by atoms with Crippen LogP contribution in [0.25, 0.3) is 0 Å². The third-order valence-corrected chi connectivity index (χ3v) is 3.64. The van der Waals surface area contributed by atoms with Crippen molar-refractivity contribution < 1.29 is 14.3 Å². The molecule has 0 aliphatic carbocycles. The second-order valence-electron chi connectivity index (χ2n) is 4.72. The Morgan fingerprint density at radius 3 is 2.65 bits per heavy atom. The standard InChI is InChI=1S/C13H21N3O3S/c1-4-5-8-19-11(18)7-6-10(17)14-13-16-15-12(20-13)9(2)3/h9H,4-8H2,1-3H3,(H,14,16,17). The maximum Gasteiger partial charge on any atom is 0.306 e. The number of rotatable bonds is 8. The van der Waals surface area contributed by atoms with Crippen LogP contribution in [0.2, 0.25) is 0 Å². The summed E-state index contributed by atoms with van der Waals surface area (Å²) in [5.41, 5.74) is 0. The average Bonchev–Trinajstić information content (AvgIpc) is 2.85. The molecule has 0 saturated heterocycles. The summed E-state index contributed by atoms with van der Waals surface area (Å²) in [6.07, 6.45) is 2.01. The zero-order valence-electron chi connectivity index (χ0n) is 12.1. The lowest BCUT2D eigenvalue weighted by Crippen LogP contribution is -2.14. The van der Waals surface area contributed by atoms with E-state index in [4.69, 9.17) is 4.74 Å². The van der Waals surface area contributed by atoms with Crippen LogP contribution in [0.15, 0.2) is 0 Å². The molecule has 1 N–H and O–H groups in total. The highest BCUT2D eigenvalue weighted by Gasteiger charge is 2.12. The van der Waals surface area contributed by atoms with Gasteiger partial charge in [-0.25, -0.2) is 0 Å². The minimum absolute atomic E-state index is 0.0887. The molecular weight excluding hydrogens is 278 g/mol. The number of aromatic nitrogens is 2. The third kappa shape index (κ3) is 6.10. The topological polar surface area (TPSA) is 81.2 Å². The Morgan fingerprint density at radius 2 is 2.05 bits per heavy atom. The van der Waals surface area contributed by atoms with Crippen molar-refractivity contribution in [3.05, 3.63) is 5.01 Å². The molecule has 1 aromatic rings. The third-order valence-electron chi connectivity index (χ3n) is 2.50. The van der Waals surface area contributed by atoms with Crippen LogP contribution in [0.3, 0.4) is 0 Å². The normalized spacial score (nSPS) is 10.6. The van der Waals surface area contributed by atoms with Crippen LogP contribution in [0.4, 0.5) is 5.13 Å². The number of carbonyl (C=O) groups excluding carboxylic acids is 2. The Hall–Kier alpha value is -1.50. The Labute approximate surface area is 122 Å². The summed E-state index contributed by atoms with van der Waals surface area (Å²) in [4.78, 5) is 23.0. The van der Waals surface area contributed by atoms with E-state index in [9.17, 15) is 9.59 Å². The highest BCUT2D eigenvalue weighted by molar-refractivity contribution is 7.15. The number of nitrogens with zero attached hydrogens (tertiary/aromatic N) is 2. The van der Waals surface area contributed by atoms with E-state index in [0.29, 0.717) is 11.7 Å². The molecule has 1 amide bonds. The zero-order valence-corrected chi connectivity index (χ0v) is 13.0. The van der Waals surface area contributed by atoms with Crippen LogP contribution in [0.5, 0.6) is 0 Å². The van der Waals surface area contributed by atoms with Gasteiger partial charge in [0, 0.05) is 12.3 Å². The molecular formula is C13H21N3O3S. The van der Waals surface area contributed by atoms with Crippen LogP contribution < -0.4 is 5.32 Å². The minimum Gasteiger partial charge on any atom is -0.466 e. The Balaban J connectivity index is 2.27. The summed E-state index contributed by atoms with van der Waals surface area (Å²) in [5.74, 6) is -0.302. The predicted octanol–water partition coefficient (Wildman–Crippen LogP) is 2.72. The molecule has 0 spiro atoms. The molecule has 20 heavy (non-hydrogen) atoms. The molecule has 0 bridgehead atoms. The fraction of sp³-hybridized carbons (Fsp3) is 0.692. The smallest absolute Gasteiger partial charge is 0.306 e. The molecule has 0 aliphatic rings. The number of anilines is 1. The van der Waals surface area contributed by atoms with Crippen molar-refractivity contribution in [2.75, 3.05) is 11.9 Å². The molecule has 0 aliphatic heterocycles. The molecule has 1 rings (SSSR count). The molecule has 1 heterocycles. The van der Waals surface area contributed by atoms with Crippen LogP contribution in [0, 0.1) is 0 Å². The van der Waals surface area contributed by atoms with E-state index in [0.717, 1.165) is 17.8 Å². The monoisotopic (exact) mass is 299 g/mol. The summed E-state index contributed by atoms with van der Waals surface area (Å²) in [6, 6.07) is 0. The highest BCUT2D eigenvalue weighted by atomic mass is 32.1. The van der Waals surface area contributed by atoms with Crippen LogP contribution in [-0.2, 0) is 14.3 Å². The van der Waals surface area contributed by atoms with Gasteiger partial charge in [-0.1, -0.05) is 38.5 Å². The van der Waals surface area contributed by atoms with E-state index in [1.807, 2.05) is 20.8 Å². The number of unbranched alkanes of at least 4 members (excludes halogenated alkanes) is 1. The molecule has 0 aromatic carbocycles. The fourth-order valence-electron chi connectivity index (χ4n) is 1.32. The summed E-state index contributed by atoms with van der Waals surface area (Å²) in [6.45, 7) is 6.47. The summed E-state index contributed by atoms with van der Waals surface area (Å²) in [7, 11) is 0. The highest BCUT2D eigenvalue weighted by Crippen LogP contribution is 2.22. The first-order valence-corrected chi connectivity index (χ1v) is 7.63. The first-order valence-electron chi connectivity index (χ1n) is 6.81. The van der Waals surface area contributed by atoms with E-state index >= 15 is 0 Å². The number of hydrogen-bond acceptors (Lipinski definition) is 6. The van der Waals surface area contributed by atoms with Gasteiger partial charge in [-0.2, -0.15) is 0 Å². The Morgan fingerprint density at radius 1 is 1.30 bits per heavy atom. The van der Waals surface area contributed by atoms with Gasteiger partial charge in [0.05, 0.1) is 13.0 Å². The number of ether oxygens (including phenoxy) is 1. The van der Waals surface area contributed by atoms with Crippen molar-refractivity contribution in [1.82, 2.24) is 10.2 Å². The van der Waals surface area contributed by atoms with Crippen molar-refractivity contribution in [3.8, 4) is 0 Å². The van der Waals surface area contributed by atoms with Crippen molar-refractivity contribution in [1.29, 1.82) is 0 Å². The van der Waals surface area contributed by atoms with Gasteiger partial charge < -0.3 is 10.1 Å². The van der Waals surface area contributed by atoms with Gasteiger partial charge in [-0.15, -0.1) is 10.2 Å². The van der Waals surface area contributed by atoms with Crippen molar-refractivity contribution in [3.63, 3.8) is 0 Å². The van der Waals surface area contributed by atoms with Crippen LogP contribution in [-0.4, -0.2) is 28.7 Å². The van der Waals surface area contributed by atoms with Gasteiger partial charge >= 0.3 is 5.97 Å². The number of hydrogen-bond donors (Lipinski definition) is 1. The summed E-state index contributed by atoms with van der Waals surface area (Å²) in [5, 5.41) is 11.8. The van der Waals surface area contributed by atoms with Gasteiger partial charge in [0.1, 0.15) is 5.01 Å². The first kappa shape index (κ1) is 16.6. The van der Waals surface area contributed by atoms with E-state index in [1.54, 1.807) is 0 Å². The molecule has 7 heteroatoms. The second-order valence-corrected chi connectivity index (χ2v) is 5.73. The van der Waals surface area contributed by atoms with Gasteiger partial charge in [-0.3, -0.25) is 9.59 Å². The lowest BCUT2D eigenvalue weighted by molar-refractivity contribution is -0.144. The number of amides is 1. The molecule has 0 unspecified atom stereocenters. The van der Waals surface area contributed by atoms with E-state index in [1.165, 1.54) is 11.3 Å². The minimum atomic E-state index is -0.339. The zero-order chi connectivity index (χ0) is 15.0. The van der Waals surface area contributed by atoms with Gasteiger partial charge in [0.25, 0.3) is 0 Å². The van der Waals surface area contributed by atoms with Gasteiger partial charge in [0.2, 0.25) is 11.0 Å². The number of carbonyl (C=O) groups is 2. The fourth-order valence-corrected chi connectivity index (χ4v) is 2.08. The summed E-state index contributed by atoms with van der Waals surface area (Å²) >= 11 is 1.35. The van der Waals surface area contributed by atoms with Crippen LogP contribution >= 0.6 is 11.3 Å². The Kier molecular flexibility index (Phi) is 7.14. The van der Waals surface area contributed by atoms with E-state index in [2.05, 4.69) is 15.5 Å². The molecule has 0 atom stereocenters. The lowest BCUT2D eigenvalue weighted by Gasteiger charge is -2.03. The maximum absolute atomic E-state index is 11.6. The van der Waals surface area contributed by atoms with Crippen molar-refractivity contribution >= 4 is 28.3 Å². The van der Waals surface area contributed by atoms with Gasteiger partial charge in [-0.05, 0) is 6.42 Å². The predicted molar refractivity (Wildman–Crippen MR) is 77.7 cm³/mol. The number of esters is 1. The molecule has 0 saturated carbocycles. The Bertz CT molecular complexity index is 446. The molecule has 6 nitrogen and oxygen atoms in total. The lowest BCUT2D eigenvalue weighted by atomic mass is 10.2. The van der Waals surface area contributed by atoms with Gasteiger partial charge in [0.15, 0.2) is 0 Å². The van der Waals surface area contributed by atoms with E-state index in [-0.39, 0.29) is 30.6 Å². The molecule has 1 aromatic heterocycles. The average molecular weight is 299 g/mol. The molecule has 0 radical (unpaired) electrons. The quantitative estimate of drug-likeness (QED) is 0.589. The largest absolute Gasteiger partial charge is 0.466 e.